The van der Waals surface area contributed by atoms with Gasteiger partial charge in [0.25, 0.3) is 0 Å². The van der Waals surface area contributed by atoms with Crippen molar-refractivity contribution in [3.63, 3.8) is 0 Å². The highest BCUT2D eigenvalue weighted by molar-refractivity contribution is 6.06. The van der Waals surface area contributed by atoms with Crippen molar-refractivity contribution in [1.82, 2.24) is 25.2 Å². The van der Waals surface area contributed by atoms with Crippen LogP contribution < -0.4 is 16.4 Å². The number of rotatable bonds is 8. The molecule has 0 aliphatic carbocycles. The molecule has 0 unspecified atom stereocenters. The van der Waals surface area contributed by atoms with Crippen molar-refractivity contribution < 1.29 is 9.63 Å². The molecule has 30 heavy (non-hydrogen) atoms. The lowest BCUT2D eigenvalue weighted by atomic mass is 10.2. The molecule has 0 atom stereocenters. The highest BCUT2D eigenvalue weighted by Crippen LogP contribution is 2.29. The van der Waals surface area contributed by atoms with E-state index in [1.807, 2.05) is 52.0 Å². The van der Waals surface area contributed by atoms with E-state index in [2.05, 4.69) is 25.3 Å². The van der Waals surface area contributed by atoms with Gasteiger partial charge in [0, 0.05) is 24.5 Å². The fraction of sp³-hybridized carbons (Fsp3) is 0.429. The van der Waals surface area contributed by atoms with Gasteiger partial charge in [0.15, 0.2) is 18.2 Å². The zero-order valence-corrected chi connectivity index (χ0v) is 17.9. The van der Waals surface area contributed by atoms with E-state index in [0.717, 1.165) is 28.6 Å². The number of carbonyl (C=O) groups is 1. The van der Waals surface area contributed by atoms with Gasteiger partial charge in [0.1, 0.15) is 5.52 Å². The number of aryl methyl sites for hydroxylation is 1. The number of aromatic nitrogens is 3. The second-order valence-electron chi connectivity index (χ2n) is 7.61. The van der Waals surface area contributed by atoms with E-state index in [9.17, 15) is 4.79 Å². The van der Waals surface area contributed by atoms with Crippen LogP contribution in [0.3, 0.4) is 0 Å². The number of carbonyl (C=O) groups excluding carboxylic acids is 1. The summed E-state index contributed by atoms with van der Waals surface area (Å²) in [5.74, 6) is 1.10. The van der Waals surface area contributed by atoms with Gasteiger partial charge in [-0.1, -0.05) is 23.4 Å². The molecule has 0 fully saturated rings. The quantitative estimate of drug-likeness (QED) is 0.299. The summed E-state index contributed by atoms with van der Waals surface area (Å²) < 4.78 is 2.08. The van der Waals surface area contributed by atoms with Gasteiger partial charge in [-0.25, -0.2) is 14.8 Å². The SMILES string of the molecule is CC(C)=NOCc1nc2c(N)nc3ccccc3c2n1CCCNC(=O)NC(C)C. The van der Waals surface area contributed by atoms with Gasteiger partial charge in [0.05, 0.1) is 16.7 Å². The molecule has 9 heteroatoms. The van der Waals surface area contributed by atoms with Crippen molar-refractivity contribution >= 4 is 39.5 Å². The lowest BCUT2D eigenvalue weighted by Crippen LogP contribution is -2.40. The number of imidazole rings is 1. The van der Waals surface area contributed by atoms with Crippen LogP contribution in [-0.2, 0) is 18.0 Å². The van der Waals surface area contributed by atoms with Crippen LogP contribution >= 0.6 is 0 Å². The van der Waals surface area contributed by atoms with Crippen molar-refractivity contribution in [2.45, 2.75) is 53.3 Å². The molecule has 2 amide bonds. The molecule has 1 aromatic carbocycles. The number of nitrogens with two attached hydrogens (primary N) is 1. The summed E-state index contributed by atoms with van der Waals surface area (Å²) in [7, 11) is 0. The number of oxime groups is 1. The molecule has 2 aromatic heterocycles. The van der Waals surface area contributed by atoms with E-state index in [0.29, 0.717) is 30.2 Å². The summed E-state index contributed by atoms with van der Waals surface area (Å²) in [6, 6.07) is 7.76. The molecule has 3 rings (SSSR count). The van der Waals surface area contributed by atoms with E-state index < -0.39 is 0 Å². The molecule has 0 aliphatic rings. The average Bonchev–Trinajstić information content (AvgIpc) is 3.04. The Labute approximate surface area is 175 Å². The molecule has 0 bridgehead atoms. The minimum absolute atomic E-state index is 0.0933. The number of fused-ring (bicyclic) bond motifs is 3. The van der Waals surface area contributed by atoms with E-state index in [4.69, 9.17) is 15.6 Å². The number of anilines is 1. The number of nitrogens with zero attached hydrogens (tertiary/aromatic N) is 4. The lowest BCUT2D eigenvalue weighted by molar-refractivity contribution is 0.122. The Morgan fingerprint density at radius 2 is 2.03 bits per heavy atom. The number of amides is 2. The summed E-state index contributed by atoms with van der Waals surface area (Å²) in [5.41, 5.74) is 9.40. The van der Waals surface area contributed by atoms with E-state index >= 15 is 0 Å². The van der Waals surface area contributed by atoms with Gasteiger partial charge in [-0.15, -0.1) is 0 Å². The number of nitrogens with one attached hydrogen (secondary N) is 2. The minimum Gasteiger partial charge on any atom is -0.388 e. The molecule has 9 nitrogen and oxygen atoms in total. The normalized spacial score (nSPS) is 11.1. The first-order valence-electron chi connectivity index (χ1n) is 10.1. The third kappa shape index (κ3) is 4.97. The molecule has 0 saturated carbocycles. The van der Waals surface area contributed by atoms with E-state index in [1.54, 1.807) is 0 Å². The van der Waals surface area contributed by atoms with Crippen LogP contribution in [0.1, 0.15) is 39.9 Å². The van der Waals surface area contributed by atoms with Crippen LogP contribution in [0.15, 0.2) is 29.4 Å². The second kappa shape index (κ2) is 9.43. The maximum Gasteiger partial charge on any atom is 0.314 e. The molecule has 0 saturated heterocycles. The maximum atomic E-state index is 11.8. The summed E-state index contributed by atoms with van der Waals surface area (Å²) in [5, 5.41) is 10.7. The molecule has 160 valence electrons. The van der Waals surface area contributed by atoms with Crippen LogP contribution in [0, 0.1) is 0 Å². The third-order valence-corrected chi connectivity index (χ3v) is 4.39. The molecular formula is C21H29N7O2. The number of benzene rings is 1. The average molecular weight is 412 g/mol. The number of nitrogen functional groups attached to an aromatic ring is 1. The smallest absolute Gasteiger partial charge is 0.314 e. The zero-order chi connectivity index (χ0) is 21.7. The Morgan fingerprint density at radius 3 is 2.77 bits per heavy atom. The van der Waals surface area contributed by atoms with Gasteiger partial charge in [-0.3, -0.25) is 0 Å². The van der Waals surface area contributed by atoms with Gasteiger partial charge >= 0.3 is 6.03 Å². The van der Waals surface area contributed by atoms with Crippen LogP contribution in [-0.4, -0.2) is 38.9 Å². The van der Waals surface area contributed by atoms with Gasteiger partial charge in [-0.2, -0.15) is 0 Å². The van der Waals surface area contributed by atoms with Crippen LogP contribution in [0.25, 0.3) is 21.9 Å². The van der Waals surface area contributed by atoms with Crippen LogP contribution in [0.2, 0.25) is 0 Å². The number of urea groups is 1. The molecule has 4 N–H and O–H groups in total. The lowest BCUT2D eigenvalue weighted by Gasteiger charge is -2.12. The summed E-state index contributed by atoms with van der Waals surface area (Å²) >= 11 is 0. The van der Waals surface area contributed by atoms with Crippen LogP contribution in [0.4, 0.5) is 10.6 Å². The highest BCUT2D eigenvalue weighted by Gasteiger charge is 2.17. The van der Waals surface area contributed by atoms with Crippen molar-refractivity contribution in [2.24, 2.45) is 5.16 Å². The predicted molar refractivity (Wildman–Crippen MR) is 119 cm³/mol. The summed E-state index contributed by atoms with van der Waals surface area (Å²) in [4.78, 5) is 26.4. The topological polar surface area (TPSA) is 119 Å². The monoisotopic (exact) mass is 411 g/mol. The Hall–Kier alpha value is -3.36. The number of hydrogen-bond donors (Lipinski definition) is 3. The number of pyridine rings is 1. The fourth-order valence-corrected chi connectivity index (χ4v) is 3.23. The maximum absolute atomic E-state index is 11.8. The third-order valence-electron chi connectivity index (χ3n) is 4.39. The zero-order valence-electron chi connectivity index (χ0n) is 17.9. The molecule has 3 aromatic rings. The fourth-order valence-electron chi connectivity index (χ4n) is 3.23. The first kappa shape index (κ1) is 21.4. The second-order valence-corrected chi connectivity index (χ2v) is 7.61. The van der Waals surface area contributed by atoms with Crippen molar-refractivity contribution in [3.05, 3.63) is 30.1 Å². The molecular weight excluding hydrogens is 382 g/mol. The Kier molecular flexibility index (Phi) is 6.71. The summed E-state index contributed by atoms with van der Waals surface area (Å²) in [6.45, 7) is 8.97. The predicted octanol–water partition coefficient (Wildman–Crippen LogP) is 3.18. The number of para-hydroxylation sites is 1. The van der Waals surface area contributed by atoms with E-state index in [-0.39, 0.29) is 18.7 Å². The molecule has 2 heterocycles. The van der Waals surface area contributed by atoms with Crippen molar-refractivity contribution in [2.75, 3.05) is 12.3 Å². The van der Waals surface area contributed by atoms with Gasteiger partial charge < -0.3 is 25.8 Å². The standard InChI is InChI=1S/C21H29N7O2/c1-13(2)24-21(29)23-10-7-11-28-17(12-30-27-14(3)4)26-18-19(28)15-8-5-6-9-16(15)25-20(18)22/h5-6,8-9,13H,7,10-12H2,1-4H3,(H2,22,25)(H2,23,24,29). The highest BCUT2D eigenvalue weighted by atomic mass is 16.6. The van der Waals surface area contributed by atoms with Crippen LogP contribution in [0.5, 0.6) is 0 Å². The van der Waals surface area contributed by atoms with E-state index in [1.165, 1.54) is 0 Å². The molecule has 0 spiro atoms. The molecule has 0 radical (unpaired) electrons. The van der Waals surface area contributed by atoms with Gasteiger partial charge in [0.2, 0.25) is 0 Å². The largest absolute Gasteiger partial charge is 0.388 e. The minimum atomic E-state index is -0.171. The van der Waals surface area contributed by atoms with Crippen molar-refractivity contribution in [1.29, 1.82) is 0 Å². The Balaban J connectivity index is 1.90. The number of hydrogen-bond acceptors (Lipinski definition) is 6. The Morgan fingerprint density at radius 1 is 1.27 bits per heavy atom. The first-order chi connectivity index (χ1) is 14.4. The first-order valence-corrected chi connectivity index (χ1v) is 10.1. The summed E-state index contributed by atoms with van der Waals surface area (Å²) in [6.07, 6.45) is 0.719. The van der Waals surface area contributed by atoms with Gasteiger partial charge in [-0.05, 0) is 40.2 Å². The molecule has 0 aliphatic heterocycles. The van der Waals surface area contributed by atoms with Crippen molar-refractivity contribution in [3.8, 4) is 0 Å². The Bertz CT molecular complexity index is 1070.